The second-order valence-corrected chi connectivity index (χ2v) is 8.22. The second kappa shape index (κ2) is 9.36. The van der Waals surface area contributed by atoms with Crippen molar-refractivity contribution in [1.29, 1.82) is 0 Å². The predicted molar refractivity (Wildman–Crippen MR) is 120 cm³/mol. The fraction of sp³-hybridized carbons (Fsp3) is 0.381. The SMILES string of the molecule is CCC(=O)C(=O)Nc1cc(CN2CCN(c3ccc(-c4ncc[nH]4)nc3C)CC2)ns1. The Labute approximate surface area is 184 Å². The van der Waals surface area contributed by atoms with Crippen LogP contribution in [0.5, 0.6) is 0 Å². The van der Waals surface area contributed by atoms with Crippen LogP contribution in [-0.4, -0.2) is 62.1 Å². The van der Waals surface area contributed by atoms with Gasteiger partial charge in [-0.15, -0.1) is 0 Å². The van der Waals surface area contributed by atoms with Gasteiger partial charge in [0.1, 0.15) is 10.7 Å². The van der Waals surface area contributed by atoms with Crippen molar-refractivity contribution in [3.05, 3.63) is 42.0 Å². The lowest BCUT2D eigenvalue weighted by Gasteiger charge is -2.36. The van der Waals surface area contributed by atoms with Gasteiger partial charge < -0.3 is 15.2 Å². The van der Waals surface area contributed by atoms with Crippen LogP contribution in [-0.2, 0) is 16.1 Å². The maximum atomic E-state index is 11.7. The zero-order valence-corrected chi connectivity index (χ0v) is 18.4. The van der Waals surface area contributed by atoms with E-state index in [4.69, 9.17) is 4.98 Å². The molecule has 1 saturated heterocycles. The van der Waals surface area contributed by atoms with Crippen LogP contribution in [0, 0.1) is 6.92 Å². The van der Waals surface area contributed by atoms with Gasteiger partial charge in [0.05, 0.1) is 17.1 Å². The Bertz CT molecular complexity index is 1060. The van der Waals surface area contributed by atoms with Gasteiger partial charge in [0, 0.05) is 51.5 Å². The Kier molecular flexibility index (Phi) is 6.38. The molecule has 1 aliphatic rings. The first-order chi connectivity index (χ1) is 15.0. The van der Waals surface area contributed by atoms with Crippen molar-refractivity contribution in [3.8, 4) is 11.5 Å². The zero-order valence-electron chi connectivity index (χ0n) is 17.6. The quantitative estimate of drug-likeness (QED) is 0.545. The van der Waals surface area contributed by atoms with Gasteiger partial charge in [0.2, 0.25) is 5.78 Å². The van der Waals surface area contributed by atoms with Crippen molar-refractivity contribution in [3.63, 3.8) is 0 Å². The minimum absolute atomic E-state index is 0.197. The van der Waals surface area contributed by atoms with Crippen LogP contribution in [0.25, 0.3) is 11.5 Å². The molecule has 0 bridgehead atoms. The van der Waals surface area contributed by atoms with E-state index in [1.165, 1.54) is 11.5 Å². The number of carbonyl (C=O) groups is 2. The van der Waals surface area contributed by atoms with E-state index in [-0.39, 0.29) is 6.42 Å². The molecule has 31 heavy (non-hydrogen) atoms. The van der Waals surface area contributed by atoms with Gasteiger partial charge in [-0.3, -0.25) is 14.5 Å². The fourth-order valence-electron chi connectivity index (χ4n) is 3.59. The highest BCUT2D eigenvalue weighted by atomic mass is 32.1. The van der Waals surface area contributed by atoms with Gasteiger partial charge in [0.25, 0.3) is 5.91 Å². The number of hydrogen-bond acceptors (Lipinski definition) is 8. The molecular weight excluding hydrogens is 414 g/mol. The lowest BCUT2D eigenvalue weighted by Crippen LogP contribution is -2.46. The number of aromatic amines is 1. The van der Waals surface area contributed by atoms with E-state index < -0.39 is 11.7 Å². The van der Waals surface area contributed by atoms with E-state index in [0.29, 0.717) is 5.00 Å². The summed E-state index contributed by atoms with van der Waals surface area (Å²) in [5.74, 6) is -0.223. The molecule has 9 nitrogen and oxygen atoms in total. The minimum atomic E-state index is -0.576. The smallest absolute Gasteiger partial charge is 0.292 e. The van der Waals surface area contributed by atoms with Crippen LogP contribution < -0.4 is 10.2 Å². The topological polar surface area (TPSA) is 107 Å². The largest absolute Gasteiger partial charge is 0.368 e. The summed E-state index contributed by atoms with van der Waals surface area (Å²) in [7, 11) is 0. The number of H-pyrrole nitrogens is 1. The predicted octanol–water partition coefficient (Wildman–Crippen LogP) is 2.48. The normalized spacial score (nSPS) is 14.6. The summed E-state index contributed by atoms with van der Waals surface area (Å²) in [6, 6.07) is 5.96. The first-order valence-corrected chi connectivity index (χ1v) is 11.0. The number of anilines is 2. The number of nitrogens with zero attached hydrogens (tertiary/aromatic N) is 5. The molecule has 0 aliphatic carbocycles. The fourth-order valence-corrected chi connectivity index (χ4v) is 4.24. The molecule has 1 fully saturated rings. The molecule has 0 atom stereocenters. The van der Waals surface area contributed by atoms with Crippen molar-refractivity contribution in [2.45, 2.75) is 26.8 Å². The van der Waals surface area contributed by atoms with Gasteiger partial charge in [-0.1, -0.05) is 6.92 Å². The molecule has 1 aliphatic heterocycles. The van der Waals surface area contributed by atoms with Crippen molar-refractivity contribution in [2.75, 3.05) is 36.4 Å². The van der Waals surface area contributed by atoms with E-state index in [1.807, 2.05) is 19.1 Å². The molecule has 0 radical (unpaired) electrons. The van der Waals surface area contributed by atoms with Crippen molar-refractivity contribution in [1.82, 2.24) is 24.2 Å². The summed E-state index contributed by atoms with van der Waals surface area (Å²) in [6.07, 6.45) is 3.72. The van der Waals surface area contributed by atoms with Crippen LogP contribution in [0.15, 0.2) is 30.6 Å². The first-order valence-electron chi connectivity index (χ1n) is 10.3. The Hall–Kier alpha value is -3.11. The highest BCUT2D eigenvalue weighted by Crippen LogP contribution is 2.24. The van der Waals surface area contributed by atoms with Crippen molar-refractivity contribution < 1.29 is 9.59 Å². The molecule has 1 amide bonds. The van der Waals surface area contributed by atoms with Gasteiger partial charge in [-0.2, -0.15) is 4.37 Å². The standard InChI is InChI=1S/C21H25N7O2S/c1-3-18(29)21(30)25-19-12-15(26-31-19)13-27-8-10-28(11-9-27)17-5-4-16(24-14(17)2)20-22-6-7-23-20/h4-7,12H,3,8-11,13H2,1-2H3,(H,22,23)(H,25,30). The minimum Gasteiger partial charge on any atom is -0.368 e. The molecule has 0 unspecified atom stereocenters. The number of Topliss-reactive ketones (excluding diaryl/α,β-unsaturated/α-hetero) is 1. The van der Waals surface area contributed by atoms with Gasteiger partial charge in [0.15, 0.2) is 5.82 Å². The highest BCUT2D eigenvalue weighted by Gasteiger charge is 2.21. The summed E-state index contributed by atoms with van der Waals surface area (Å²) in [4.78, 5) is 39.9. The Morgan fingerprint density at radius 1 is 1.23 bits per heavy atom. The number of aromatic nitrogens is 4. The first kappa shape index (κ1) is 21.1. The molecule has 4 heterocycles. The van der Waals surface area contributed by atoms with Crippen molar-refractivity contribution >= 4 is 33.9 Å². The molecule has 0 saturated carbocycles. The van der Waals surface area contributed by atoms with Gasteiger partial charge in [-0.25, -0.2) is 9.97 Å². The number of hydrogen-bond donors (Lipinski definition) is 2. The number of ketones is 1. The Morgan fingerprint density at radius 2 is 2.03 bits per heavy atom. The number of amides is 1. The average Bonchev–Trinajstić information content (AvgIpc) is 3.46. The third-order valence-electron chi connectivity index (χ3n) is 5.27. The van der Waals surface area contributed by atoms with Crippen LogP contribution >= 0.6 is 11.5 Å². The number of rotatable bonds is 7. The number of piperazine rings is 1. The van der Waals surface area contributed by atoms with E-state index >= 15 is 0 Å². The van der Waals surface area contributed by atoms with E-state index in [0.717, 1.165) is 61.3 Å². The summed E-state index contributed by atoms with van der Waals surface area (Å²) in [6.45, 7) is 8.05. The molecule has 10 heteroatoms. The molecule has 0 spiro atoms. The van der Waals surface area contributed by atoms with Crippen LogP contribution in [0.1, 0.15) is 24.7 Å². The van der Waals surface area contributed by atoms with Gasteiger partial charge in [-0.05, 0) is 36.7 Å². The van der Waals surface area contributed by atoms with Crippen molar-refractivity contribution in [2.24, 2.45) is 0 Å². The number of pyridine rings is 1. The lowest BCUT2D eigenvalue weighted by atomic mass is 10.2. The third kappa shape index (κ3) is 4.97. The van der Waals surface area contributed by atoms with Crippen LogP contribution in [0.2, 0.25) is 0 Å². The molecule has 0 aromatic carbocycles. The maximum Gasteiger partial charge on any atom is 0.292 e. The van der Waals surface area contributed by atoms with E-state index in [9.17, 15) is 9.59 Å². The maximum absolute atomic E-state index is 11.7. The molecule has 3 aromatic rings. The summed E-state index contributed by atoms with van der Waals surface area (Å²) in [5, 5.41) is 3.24. The third-order valence-corrected chi connectivity index (χ3v) is 6.01. The van der Waals surface area contributed by atoms with E-state index in [2.05, 4.69) is 35.5 Å². The Morgan fingerprint density at radius 3 is 2.71 bits per heavy atom. The molecule has 3 aromatic heterocycles. The highest BCUT2D eigenvalue weighted by molar-refractivity contribution is 7.10. The molecule has 4 rings (SSSR count). The lowest BCUT2D eigenvalue weighted by molar-refractivity contribution is -0.134. The molecule has 162 valence electrons. The summed E-state index contributed by atoms with van der Waals surface area (Å²) in [5.41, 5.74) is 3.88. The average molecular weight is 440 g/mol. The molecular formula is C21H25N7O2S. The van der Waals surface area contributed by atoms with Gasteiger partial charge >= 0.3 is 0 Å². The van der Waals surface area contributed by atoms with Crippen LogP contribution in [0.3, 0.4) is 0 Å². The van der Waals surface area contributed by atoms with E-state index in [1.54, 1.807) is 19.3 Å². The number of aryl methyl sites for hydroxylation is 1. The molecule has 2 N–H and O–H groups in total. The number of carbonyl (C=O) groups excluding carboxylic acids is 2. The summed E-state index contributed by atoms with van der Waals surface area (Å²) < 4.78 is 4.42. The zero-order chi connectivity index (χ0) is 21.8. The number of nitrogens with one attached hydrogen (secondary N) is 2. The monoisotopic (exact) mass is 439 g/mol. The van der Waals surface area contributed by atoms with Crippen LogP contribution in [0.4, 0.5) is 10.7 Å². The summed E-state index contributed by atoms with van der Waals surface area (Å²) >= 11 is 1.21. The Balaban J connectivity index is 1.31. The number of imidazole rings is 1. The second-order valence-electron chi connectivity index (χ2n) is 7.42.